The molecular weight excluding hydrogens is 322 g/mol. The molecule has 0 saturated carbocycles. The van der Waals surface area contributed by atoms with Crippen molar-refractivity contribution >= 4 is 15.9 Å². The Morgan fingerprint density at radius 1 is 1.30 bits per heavy atom. The summed E-state index contributed by atoms with van der Waals surface area (Å²) in [6.45, 7) is 8.08. The minimum Gasteiger partial charge on any atom is -0.489 e. The lowest BCUT2D eigenvalue weighted by atomic mass is 10.2. The molecule has 0 aliphatic heterocycles. The lowest BCUT2D eigenvalue weighted by molar-refractivity contribution is -0.0125. The molecule has 5 heteroatoms. The fourth-order valence-corrected chi connectivity index (χ4v) is 2.17. The molecule has 20 heavy (non-hydrogen) atoms. The number of nitrogens with one attached hydrogen (secondary N) is 1. The van der Waals surface area contributed by atoms with E-state index < -0.39 is 6.10 Å². The van der Waals surface area contributed by atoms with Gasteiger partial charge in [-0.05, 0) is 42.4 Å². The van der Waals surface area contributed by atoms with Crippen LogP contribution in [0.5, 0.6) is 5.75 Å². The third-order valence-corrected chi connectivity index (χ3v) is 3.28. The summed E-state index contributed by atoms with van der Waals surface area (Å²) in [6, 6.07) is 5.92. The maximum atomic E-state index is 9.84. The lowest BCUT2D eigenvalue weighted by Gasteiger charge is -2.17. The molecule has 4 nitrogen and oxygen atoms in total. The van der Waals surface area contributed by atoms with E-state index in [1.807, 2.05) is 32.0 Å². The van der Waals surface area contributed by atoms with E-state index in [1.165, 1.54) is 0 Å². The number of aliphatic hydroxyl groups is 1. The average Bonchev–Trinajstić information content (AvgIpc) is 2.41. The number of halogens is 1. The summed E-state index contributed by atoms with van der Waals surface area (Å²) in [6.07, 6.45) is -0.520. The number of hydrogen-bond acceptors (Lipinski definition) is 4. The van der Waals surface area contributed by atoms with E-state index in [2.05, 4.69) is 28.2 Å². The van der Waals surface area contributed by atoms with E-state index in [-0.39, 0.29) is 19.3 Å². The van der Waals surface area contributed by atoms with Crippen molar-refractivity contribution in [2.24, 2.45) is 0 Å². The summed E-state index contributed by atoms with van der Waals surface area (Å²) in [4.78, 5) is 0. The Morgan fingerprint density at radius 2 is 2.05 bits per heavy atom. The largest absolute Gasteiger partial charge is 0.489 e. The summed E-state index contributed by atoms with van der Waals surface area (Å²) in [5, 5.41) is 13.1. The molecule has 0 aliphatic carbocycles. The smallest absolute Gasteiger partial charge is 0.138 e. The number of ether oxygens (including phenoxy) is 2. The quantitative estimate of drug-likeness (QED) is 0.722. The summed E-state index contributed by atoms with van der Waals surface area (Å²) in [5.74, 6) is 0.775. The van der Waals surface area contributed by atoms with Crippen molar-refractivity contribution in [3.8, 4) is 5.75 Å². The molecule has 1 unspecified atom stereocenters. The Balaban J connectivity index is 2.57. The number of aliphatic hydroxyl groups excluding tert-OH is 1. The molecular formula is C15H24BrNO3. The second-order valence-electron chi connectivity index (χ2n) is 4.86. The SMILES string of the molecule is CCNCc1cccc(Br)c1OCC(O)COC(C)C. The van der Waals surface area contributed by atoms with E-state index in [9.17, 15) is 5.11 Å². The Bertz CT molecular complexity index is 399. The van der Waals surface area contributed by atoms with Crippen LogP contribution in [0.4, 0.5) is 0 Å². The van der Waals surface area contributed by atoms with E-state index in [4.69, 9.17) is 9.47 Å². The van der Waals surface area contributed by atoms with Gasteiger partial charge in [0.25, 0.3) is 0 Å². The van der Waals surface area contributed by atoms with Crippen LogP contribution in [0, 0.1) is 0 Å². The third-order valence-electron chi connectivity index (χ3n) is 2.66. The first kappa shape index (κ1) is 17.4. The van der Waals surface area contributed by atoms with Crippen molar-refractivity contribution in [2.75, 3.05) is 19.8 Å². The van der Waals surface area contributed by atoms with E-state index in [0.717, 1.165) is 28.9 Å². The Labute approximate surface area is 129 Å². The van der Waals surface area contributed by atoms with E-state index in [0.29, 0.717) is 0 Å². The monoisotopic (exact) mass is 345 g/mol. The van der Waals surface area contributed by atoms with E-state index in [1.54, 1.807) is 0 Å². The van der Waals surface area contributed by atoms with Gasteiger partial charge >= 0.3 is 0 Å². The van der Waals surface area contributed by atoms with Crippen LogP contribution in [-0.2, 0) is 11.3 Å². The maximum Gasteiger partial charge on any atom is 0.138 e. The van der Waals surface area contributed by atoms with Crippen molar-refractivity contribution in [3.05, 3.63) is 28.2 Å². The number of rotatable bonds is 9. The van der Waals surface area contributed by atoms with Gasteiger partial charge < -0.3 is 19.9 Å². The summed E-state index contributed by atoms with van der Waals surface area (Å²) < 4.78 is 12.0. The van der Waals surface area contributed by atoms with E-state index >= 15 is 0 Å². The molecule has 2 N–H and O–H groups in total. The molecule has 0 bridgehead atoms. The van der Waals surface area contributed by atoms with Gasteiger partial charge in [0.05, 0.1) is 17.2 Å². The minimum absolute atomic E-state index is 0.109. The molecule has 1 aromatic rings. The third kappa shape index (κ3) is 6.22. The van der Waals surface area contributed by atoms with Crippen LogP contribution in [0.2, 0.25) is 0 Å². The molecule has 1 rings (SSSR count). The molecule has 0 aliphatic rings. The van der Waals surface area contributed by atoms with Crippen molar-refractivity contribution in [1.82, 2.24) is 5.32 Å². The molecule has 0 aromatic heterocycles. The van der Waals surface area contributed by atoms with Crippen molar-refractivity contribution in [3.63, 3.8) is 0 Å². The predicted molar refractivity (Wildman–Crippen MR) is 84.1 cm³/mol. The fraction of sp³-hybridized carbons (Fsp3) is 0.600. The highest BCUT2D eigenvalue weighted by molar-refractivity contribution is 9.10. The summed E-state index contributed by atoms with van der Waals surface area (Å²) >= 11 is 3.49. The normalized spacial score (nSPS) is 12.7. The Hall–Kier alpha value is -0.620. The number of para-hydroxylation sites is 1. The van der Waals surface area contributed by atoms with Gasteiger partial charge in [-0.3, -0.25) is 0 Å². The summed E-state index contributed by atoms with van der Waals surface area (Å²) in [5.41, 5.74) is 1.07. The molecule has 0 radical (unpaired) electrons. The first-order valence-electron chi connectivity index (χ1n) is 6.95. The molecule has 0 spiro atoms. The standard InChI is InChI=1S/C15H24BrNO3/c1-4-17-8-12-6-5-7-14(16)15(12)20-10-13(18)9-19-11(2)3/h5-7,11,13,17-18H,4,8-10H2,1-3H3. The molecule has 0 heterocycles. The lowest BCUT2D eigenvalue weighted by Crippen LogP contribution is -2.25. The maximum absolute atomic E-state index is 9.84. The van der Waals surface area contributed by atoms with Crippen LogP contribution in [0.1, 0.15) is 26.3 Å². The molecule has 114 valence electrons. The predicted octanol–water partition coefficient (Wildman–Crippen LogP) is 2.72. The van der Waals surface area contributed by atoms with Gasteiger partial charge in [-0.15, -0.1) is 0 Å². The van der Waals surface area contributed by atoms with Crippen molar-refractivity contribution in [2.45, 2.75) is 39.5 Å². The minimum atomic E-state index is -0.628. The number of benzene rings is 1. The zero-order chi connectivity index (χ0) is 15.0. The zero-order valence-corrected chi connectivity index (χ0v) is 13.9. The Kier molecular flexibility index (Phi) is 8.14. The van der Waals surface area contributed by atoms with Gasteiger partial charge in [-0.1, -0.05) is 19.1 Å². The van der Waals surface area contributed by atoms with Crippen molar-refractivity contribution in [1.29, 1.82) is 0 Å². The summed E-state index contributed by atoms with van der Waals surface area (Å²) in [7, 11) is 0. The Morgan fingerprint density at radius 3 is 2.70 bits per heavy atom. The second kappa shape index (κ2) is 9.34. The molecule has 1 aromatic carbocycles. The zero-order valence-electron chi connectivity index (χ0n) is 12.4. The highest BCUT2D eigenvalue weighted by Gasteiger charge is 2.11. The highest BCUT2D eigenvalue weighted by Crippen LogP contribution is 2.29. The van der Waals surface area contributed by atoms with Gasteiger partial charge in [0.1, 0.15) is 18.5 Å². The highest BCUT2D eigenvalue weighted by atomic mass is 79.9. The molecule has 0 saturated heterocycles. The fourth-order valence-electron chi connectivity index (χ4n) is 1.65. The van der Waals surface area contributed by atoms with Crippen molar-refractivity contribution < 1.29 is 14.6 Å². The second-order valence-corrected chi connectivity index (χ2v) is 5.71. The van der Waals surface area contributed by atoms with Crippen LogP contribution in [-0.4, -0.2) is 37.1 Å². The average molecular weight is 346 g/mol. The van der Waals surface area contributed by atoms with Gasteiger partial charge in [-0.2, -0.15) is 0 Å². The van der Waals surface area contributed by atoms with Crippen LogP contribution in [0.25, 0.3) is 0 Å². The van der Waals surface area contributed by atoms with Gasteiger partial charge in [0, 0.05) is 12.1 Å². The van der Waals surface area contributed by atoms with Gasteiger partial charge in [0.15, 0.2) is 0 Å². The van der Waals surface area contributed by atoms with Crippen LogP contribution < -0.4 is 10.1 Å². The topological polar surface area (TPSA) is 50.7 Å². The van der Waals surface area contributed by atoms with Gasteiger partial charge in [-0.25, -0.2) is 0 Å². The molecule has 1 atom stereocenters. The number of hydrogen-bond donors (Lipinski definition) is 2. The van der Waals surface area contributed by atoms with Gasteiger partial charge in [0.2, 0.25) is 0 Å². The van der Waals surface area contributed by atoms with Crippen LogP contribution in [0.15, 0.2) is 22.7 Å². The molecule has 0 fully saturated rings. The first-order chi connectivity index (χ1) is 9.54. The van der Waals surface area contributed by atoms with Crippen LogP contribution >= 0.6 is 15.9 Å². The molecule has 0 amide bonds. The first-order valence-corrected chi connectivity index (χ1v) is 7.74. The van der Waals surface area contributed by atoms with Crippen LogP contribution in [0.3, 0.4) is 0 Å².